The number of amides is 1. The van der Waals surface area contributed by atoms with Crippen molar-refractivity contribution in [2.75, 3.05) is 78.8 Å². The molecule has 0 unspecified atom stereocenters. The standard InChI is InChI=1S/C26H43N3O5/c1-26(2,3)34-21-23(30)18-28-13-16-33-24(19-28)20-29(10-9-27-11-14-32-15-12-27)25(31)17-22-7-5-4-6-8-22/h4-8,23-24,30H,9-21H2,1-3H3/t23-,24+/m1/s1. The van der Waals surface area contributed by atoms with Crippen LogP contribution in [0.2, 0.25) is 0 Å². The molecule has 8 nitrogen and oxygen atoms in total. The first-order valence-electron chi connectivity index (χ1n) is 12.6. The molecule has 0 saturated carbocycles. The van der Waals surface area contributed by atoms with Gasteiger partial charge in [-0.25, -0.2) is 0 Å². The zero-order valence-corrected chi connectivity index (χ0v) is 21.2. The Kier molecular flexibility index (Phi) is 10.8. The molecule has 2 atom stereocenters. The molecule has 2 heterocycles. The lowest BCUT2D eigenvalue weighted by Crippen LogP contribution is -2.52. The fraction of sp³-hybridized carbons (Fsp3) is 0.731. The van der Waals surface area contributed by atoms with Crippen LogP contribution >= 0.6 is 0 Å². The highest BCUT2D eigenvalue weighted by Gasteiger charge is 2.27. The van der Waals surface area contributed by atoms with Gasteiger partial charge < -0.3 is 24.2 Å². The Morgan fingerprint density at radius 2 is 1.85 bits per heavy atom. The minimum Gasteiger partial charge on any atom is -0.389 e. The molecular formula is C26H43N3O5. The van der Waals surface area contributed by atoms with Crippen molar-refractivity contribution < 1.29 is 24.1 Å². The van der Waals surface area contributed by atoms with Crippen LogP contribution in [0, 0.1) is 0 Å². The van der Waals surface area contributed by atoms with Gasteiger partial charge in [0.1, 0.15) is 0 Å². The number of aliphatic hydroxyl groups excluding tert-OH is 1. The summed E-state index contributed by atoms with van der Waals surface area (Å²) in [6.07, 6.45) is -0.229. The van der Waals surface area contributed by atoms with Crippen molar-refractivity contribution >= 4 is 5.91 Å². The lowest BCUT2D eigenvalue weighted by atomic mass is 10.1. The molecule has 192 valence electrons. The average Bonchev–Trinajstić information content (AvgIpc) is 2.81. The maximum atomic E-state index is 13.3. The summed E-state index contributed by atoms with van der Waals surface area (Å²) >= 11 is 0. The smallest absolute Gasteiger partial charge is 0.227 e. The summed E-state index contributed by atoms with van der Waals surface area (Å²) < 4.78 is 17.2. The van der Waals surface area contributed by atoms with Crippen molar-refractivity contribution in [3.8, 4) is 0 Å². The van der Waals surface area contributed by atoms with Gasteiger partial charge in [0.15, 0.2) is 0 Å². The van der Waals surface area contributed by atoms with E-state index in [-0.39, 0.29) is 17.6 Å². The number of β-amino-alcohol motifs (C(OH)–C–C–N with tert-alkyl or cyclic N) is 1. The zero-order valence-electron chi connectivity index (χ0n) is 21.2. The van der Waals surface area contributed by atoms with E-state index < -0.39 is 6.10 Å². The van der Waals surface area contributed by atoms with E-state index in [1.54, 1.807) is 0 Å². The highest BCUT2D eigenvalue weighted by molar-refractivity contribution is 5.78. The molecule has 1 amide bonds. The molecule has 2 aliphatic rings. The summed E-state index contributed by atoms with van der Waals surface area (Å²) in [5.41, 5.74) is 0.756. The molecule has 0 bridgehead atoms. The Hall–Kier alpha value is -1.55. The van der Waals surface area contributed by atoms with Crippen molar-refractivity contribution in [1.29, 1.82) is 0 Å². The minimum absolute atomic E-state index is 0.0751. The number of carbonyl (C=O) groups excluding carboxylic acids is 1. The van der Waals surface area contributed by atoms with Crippen LogP contribution in [0.1, 0.15) is 26.3 Å². The molecular weight excluding hydrogens is 434 g/mol. The summed E-state index contributed by atoms with van der Waals surface area (Å²) in [5.74, 6) is 0.124. The molecule has 2 aliphatic heterocycles. The molecule has 0 aromatic heterocycles. The van der Waals surface area contributed by atoms with Gasteiger partial charge in [0.05, 0.1) is 50.7 Å². The molecule has 3 rings (SSSR count). The van der Waals surface area contributed by atoms with Gasteiger partial charge in [-0.15, -0.1) is 0 Å². The summed E-state index contributed by atoms with van der Waals surface area (Å²) in [6.45, 7) is 14.3. The minimum atomic E-state index is -0.546. The number of hydrogen-bond donors (Lipinski definition) is 1. The van der Waals surface area contributed by atoms with Crippen molar-refractivity contribution in [3.05, 3.63) is 35.9 Å². The van der Waals surface area contributed by atoms with Gasteiger partial charge in [-0.1, -0.05) is 30.3 Å². The predicted octanol–water partition coefficient (Wildman–Crippen LogP) is 1.27. The summed E-state index contributed by atoms with van der Waals surface area (Å²) in [4.78, 5) is 19.8. The van der Waals surface area contributed by atoms with E-state index in [1.165, 1.54) is 0 Å². The van der Waals surface area contributed by atoms with Crippen LogP contribution in [-0.4, -0.2) is 122 Å². The van der Waals surface area contributed by atoms with Gasteiger partial charge >= 0.3 is 0 Å². The van der Waals surface area contributed by atoms with Crippen LogP contribution in [0.5, 0.6) is 0 Å². The van der Waals surface area contributed by atoms with Crippen LogP contribution in [0.4, 0.5) is 0 Å². The molecule has 0 radical (unpaired) electrons. The Balaban J connectivity index is 1.54. The summed E-state index contributed by atoms with van der Waals surface area (Å²) in [5, 5.41) is 10.4. The van der Waals surface area contributed by atoms with Gasteiger partial charge in [0.25, 0.3) is 0 Å². The maximum Gasteiger partial charge on any atom is 0.227 e. The zero-order chi connectivity index (χ0) is 24.4. The van der Waals surface area contributed by atoms with E-state index in [0.717, 1.165) is 45.0 Å². The lowest BCUT2D eigenvalue weighted by Gasteiger charge is -2.37. The normalized spacial score (nSPS) is 21.4. The van der Waals surface area contributed by atoms with E-state index in [9.17, 15) is 9.90 Å². The maximum absolute atomic E-state index is 13.3. The third-order valence-electron chi connectivity index (χ3n) is 6.17. The van der Waals surface area contributed by atoms with Gasteiger partial charge in [-0.05, 0) is 26.3 Å². The topological polar surface area (TPSA) is 74.7 Å². The van der Waals surface area contributed by atoms with Crippen molar-refractivity contribution in [2.24, 2.45) is 0 Å². The monoisotopic (exact) mass is 477 g/mol. The van der Waals surface area contributed by atoms with Crippen LogP contribution in [-0.2, 0) is 25.4 Å². The largest absolute Gasteiger partial charge is 0.389 e. The van der Waals surface area contributed by atoms with E-state index >= 15 is 0 Å². The molecule has 0 aliphatic carbocycles. The number of aliphatic hydroxyl groups is 1. The predicted molar refractivity (Wildman–Crippen MR) is 132 cm³/mol. The van der Waals surface area contributed by atoms with E-state index in [4.69, 9.17) is 14.2 Å². The van der Waals surface area contributed by atoms with Gasteiger partial charge in [0.2, 0.25) is 5.91 Å². The number of benzene rings is 1. The fourth-order valence-corrected chi connectivity index (χ4v) is 4.29. The SMILES string of the molecule is CC(C)(C)OC[C@H](O)CN1CCO[C@H](CN(CCN2CCOCC2)C(=O)Cc2ccccc2)C1. The van der Waals surface area contributed by atoms with E-state index in [0.29, 0.717) is 45.8 Å². The quantitative estimate of drug-likeness (QED) is 0.514. The molecule has 1 aromatic carbocycles. The molecule has 1 aromatic rings. The number of ether oxygens (including phenoxy) is 3. The number of hydrogen-bond acceptors (Lipinski definition) is 7. The number of morpholine rings is 2. The summed E-state index contributed by atoms with van der Waals surface area (Å²) in [6, 6.07) is 9.90. The van der Waals surface area contributed by atoms with Gasteiger partial charge in [0, 0.05) is 52.4 Å². The van der Waals surface area contributed by atoms with Crippen molar-refractivity contribution in [3.63, 3.8) is 0 Å². The van der Waals surface area contributed by atoms with Crippen LogP contribution < -0.4 is 0 Å². The van der Waals surface area contributed by atoms with Crippen molar-refractivity contribution in [2.45, 2.75) is 45.0 Å². The Morgan fingerprint density at radius 3 is 2.56 bits per heavy atom. The molecule has 2 fully saturated rings. The van der Waals surface area contributed by atoms with Crippen LogP contribution in [0.3, 0.4) is 0 Å². The van der Waals surface area contributed by atoms with E-state index in [2.05, 4.69) is 9.80 Å². The van der Waals surface area contributed by atoms with Crippen LogP contribution in [0.25, 0.3) is 0 Å². The third kappa shape index (κ3) is 9.98. The molecule has 1 N–H and O–H groups in total. The highest BCUT2D eigenvalue weighted by Crippen LogP contribution is 2.12. The molecule has 2 saturated heterocycles. The second-order valence-electron chi connectivity index (χ2n) is 10.3. The first kappa shape index (κ1) is 27.0. The third-order valence-corrected chi connectivity index (χ3v) is 6.17. The first-order chi connectivity index (χ1) is 16.3. The highest BCUT2D eigenvalue weighted by atomic mass is 16.5. The van der Waals surface area contributed by atoms with Gasteiger partial charge in [-0.3, -0.25) is 14.6 Å². The number of carbonyl (C=O) groups is 1. The average molecular weight is 478 g/mol. The Bertz CT molecular complexity index is 721. The second kappa shape index (κ2) is 13.5. The molecule has 8 heteroatoms. The number of nitrogens with zero attached hydrogens (tertiary/aromatic N) is 3. The second-order valence-corrected chi connectivity index (χ2v) is 10.3. The Morgan fingerprint density at radius 1 is 1.15 bits per heavy atom. The Labute approximate surface area is 204 Å². The lowest BCUT2D eigenvalue weighted by molar-refractivity contribution is -0.134. The van der Waals surface area contributed by atoms with Crippen LogP contribution in [0.15, 0.2) is 30.3 Å². The number of rotatable bonds is 11. The van der Waals surface area contributed by atoms with Crippen molar-refractivity contribution in [1.82, 2.24) is 14.7 Å². The van der Waals surface area contributed by atoms with E-state index in [1.807, 2.05) is 56.0 Å². The molecule has 34 heavy (non-hydrogen) atoms. The van der Waals surface area contributed by atoms with Gasteiger partial charge in [-0.2, -0.15) is 0 Å². The summed E-state index contributed by atoms with van der Waals surface area (Å²) in [7, 11) is 0. The molecule has 0 spiro atoms. The fourth-order valence-electron chi connectivity index (χ4n) is 4.29. The first-order valence-corrected chi connectivity index (χ1v) is 12.6.